The summed E-state index contributed by atoms with van der Waals surface area (Å²) < 4.78 is 0. The van der Waals surface area contributed by atoms with E-state index in [1.807, 2.05) is 30.3 Å². The van der Waals surface area contributed by atoms with Crippen LogP contribution in [-0.2, 0) is 0 Å². The number of aliphatic hydroxyl groups excluding tert-OH is 1. The summed E-state index contributed by atoms with van der Waals surface area (Å²) in [6, 6.07) is 9.68. The maximum Gasteiger partial charge on any atom is 0.257 e. The van der Waals surface area contributed by atoms with Crippen molar-refractivity contribution < 1.29 is 9.90 Å². The highest BCUT2D eigenvalue weighted by Crippen LogP contribution is 2.21. The van der Waals surface area contributed by atoms with E-state index in [4.69, 9.17) is 0 Å². The van der Waals surface area contributed by atoms with Crippen LogP contribution >= 0.6 is 0 Å². The lowest BCUT2D eigenvalue weighted by molar-refractivity contribution is 0.0465. The summed E-state index contributed by atoms with van der Waals surface area (Å²) >= 11 is 0. The lowest BCUT2D eigenvalue weighted by Gasteiger charge is -2.34. The summed E-state index contributed by atoms with van der Waals surface area (Å²) in [6.07, 6.45) is 4.67. The van der Waals surface area contributed by atoms with Gasteiger partial charge in [-0.05, 0) is 19.8 Å². The van der Waals surface area contributed by atoms with Crippen LogP contribution in [0.5, 0.6) is 0 Å². The van der Waals surface area contributed by atoms with Gasteiger partial charge in [0, 0.05) is 37.0 Å². The summed E-state index contributed by atoms with van der Waals surface area (Å²) in [4.78, 5) is 23.0. The minimum absolute atomic E-state index is 0.0602. The van der Waals surface area contributed by atoms with Gasteiger partial charge in [-0.15, -0.1) is 0 Å². The van der Waals surface area contributed by atoms with Gasteiger partial charge in [0.15, 0.2) is 5.82 Å². The molecular weight excluding hydrogens is 290 g/mol. The summed E-state index contributed by atoms with van der Waals surface area (Å²) in [5, 5.41) is 9.75. The fraction of sp³-hybridized carbons (Fsp3) is 0.389. The number of aromatic nitrogens is 2. The largest absolute Gasteiger partial charge is 0.393 e. The van der Waals surface area contributed by atoms with Crippen LogP contribution in [0.1, 0.15) is 30.1 Å². The Morgan fingerprint density at radius 2 is 1.96 bits per heavy atom. The van der Waals surface area contributed by atoms with Gasteiger partial charge in [-0.2, -0.15) is 0 Å². The summed E-state index contributed by atoms with van der Waals surface area (Å²) in [5.74, 6) is 0.704. The van der Waals surface area contributed by atoms with Crippen LogP contribution in [0.2, 0.25) is 0 Å². The average molecular weight is 311 g/mol. The van der Waals surface area contributed by atoms with E-state index in [1.165, 1.54) is 0 Å². The summed E-state index contributed by atoms with van der Waals surface area (Å²) in [7, 11) is 0. The molecule has 0 saturated carbocycles. The lowest BCUT2D eigenvalue weighted by atomic mass is 9.93. The highest BCUT2D eigenvalue weighted by Gasteiger charge is 2.27. The van der Waals surface area contributed by atoms with Gasteiger partial charge in [0.2, 0.25) is 0 Å². The van der Waals surface area contributed by atoms with Gasteiger partial charge < -0.3 is 10.0 Å². The molecule has 0 radical (unpaired) electrons. The molecule has 23 heavy (non-hydrogen) atoms. The Labute approximate surface area is 136 Å². The van der Waals surface area contributed by atoms with E-state index in [0.717, 1.165) is 24.9 Å². The molecule has 120 valence electrons. The molecule has 1 saturated heterocycles. The van der Waals surface area contributed by atoms with Gasteiger partial charge in [0.1, 0.15) is 0 Å². The van der Waals surface area contributed by atoms with Crippen LogP contribution in [-0.4, -0.2) is 45.1 Å². The van der Waals surface area contributed by atoms with Crippen LogP contribution in [0.15, 0.2) is 42.7 Å². The van der Waals surface area contributed by atoms with Crippen molar-refractivity contribution in [3.05, 3.63) is 48.3 Å². The van der Waals surface area contributed by atoms with E-state index in [9.17, 15) is 9.90 Å². The van der Waals surface area contributed by atoms with Crippen LogP contribution < -0.4 is 0 Å². The van der Waals surface area contributed by atoms with Crippen molar-refractivity contribution in [2.75, 3.05) is 13.1 Å². The van der Waals surface area contributed by atoms with Crippen molar-refractivity contribution >= 4 is 5.91 Å². The Balaban J connectivity index is 1.73. The number of amides is 1. The zero-order valence-corrected chi connectivity index (χ0v) is 13.2. The topological polar surface area (TPSA) is 66.3 Å². The Bertz CT molecular complexity index is 656. The molecule has 2 unspecified atom stereocenters. The van der Waals surface area contributed by atoms with Crippen LogP contribution in [0.4, 0.5) is 0 Å². The first-order valence-corrected chi connectivity index (χ1v) is 8.00. The van der Waals surface area contributed by atoms with E-state index in [1.54, 1.807) is 24.2 Å². The molecule has 1 N–H and O–H groups in total. The van der Waals surface area contributed by atoms with Gasteiger partial charge in [0.25, 0.3) is 5.91 Å². The van der Waals surface area contributed by atoms with E-state index < -0.39 is 0 Å². The minimum atomic E-state index is -0.387. The number of carbonyl (C=O) groups is 1. The number of piperidine rings is 1. The van der Waals surface area contributed by atoms with Crippen molar-refractivity contribution in [2.24, 2.45) is 5.92 Å². The maximum atomic E-state index is 12.6. The van der Waals surface area contributed by atoms with Crippen molar-refractivity contribution in [3.8, 4) is 11.4 Å². The molecule has 2 aromatic rings. The Morgan fingerprint density at radius 3 is 2.61 bits per heavy atom. The molecule has 1 aromatic carbocycles. The molecule has 0 bridgehead atoms. The van der Waals surface area contributed by atoms with E-state index in [2.05, 4.69) is 9.97 Å². The van der Waals surface area contributed by atoms with Crippen molar-refractivity contribution in [1.29, 1.82) is 0 Å². The van der Waals surface area contributed by atoms with Gasteiger partial charge in [-0.25, -0.2) is 9.97 Å². The highest BCUT2D eigenvalue weighted by molar-refractivity contribution is 5.93. The molecule has 2 heterocycles. The number of rotatable bonds is 3. The zero-order chi connectivity index (χ0) is 16.2. The molecule has 2 atom stereocenters. The molecule has 1 fully saturated rings. The van der Waals surface area contributed by atoms with Crippen molar-refractivity contribution in [1.82, 2.24) is 14.9 Å². The molecule has 1 aliphatic heterocycles. The van der Waals surface area contributed by atoms with Crippen LogP contribution in [0.3, 0.4) is 0 Å². The van der Waals surface area contributed by atoms with Crippen molar-refractivity contribution in [2.45, 2.75) is 25.9 Å². The number of nitrogens with zero attached hydrogens (tertiary/aromatic N) is 3. The van der Waals surface area contributed by atoms with Crippen LogP contribution in [0, 0.1) is 5.92 Å². The lowest BCUT2D eigenvalue weighted by Crippen LogP contribution is -2.43. The predicted molar refractivity (Wildman–Crippen MR) is 87.8 cm³/mol. The second-order valence-electron chi connectivity index (χ2n) is 6.06. The van der Waals surface area contributed by atoms with Gasteiger partial charge in [-0.1, -0.05) is 30.3 Å². The first-order valence-electron chi connectivity index (χ1n) is 8.00. The third-order valence-corrected chi connectivity index (χ3v) is 4.36. The summed E-state index contributed by atoms with van der Waals surface area (Å²) in [5.41, 5.74) is 1.43. The number of benzene rings is 1. The number of likely N-dealkylation sites (tertiary alicyclic amines) is 1. The van der Waals surface area contributed by atoms with Gasteiger partial charge in [-0.3, -0.25) is 4.79 Å². The SMILES string of the molecule is CC(O)C1CCCN(C(=O)c2cnc(-c3ccccc3)nc2)C1. The molecule has 0 aliphatic carbocycles. The first kappa shape index (κ1) is 15.6. The molecular formula is C18H21N3O2. The van der Waals surface area contributed by atoms with E-state index in [-0.39, 0.29) is 17.9 Å². The van der Waals surface area contributed by atoms with Gasteiger partial charge >= 0.3 is 0 Å². The number of aliphatic hydroxyl groups is 1. The fourth-order valence-corrected chi connectivity index (χ4v) is 2.95. The van der Waals surface area contributed by atoms with E-state index >= 15 is 0 Å². The monoisotopic (exact) mass is 311 g/mol. The molecule has 0 spiro atoms. The third kappa shape index (κ3) is 3.56. The third-order valence-electron chi connectivity index (χ3n) is 4.36. The number of carbonyl (C=O) groups excluding carboxylic acids is 1. The number of hydrogen-bond acceptors (Lipinski definition) is 4. The highest BCUT2D eigenvalue weighted by atomic mass is 16.3. The average Bonchev–Trinajstić information content (AvgIpc) is 2.62. The first-order chi connectivity index (χ1) is 11.1. The molecule has 5 nitrogen and oxygen atoms in total. The quantitative estimate of drug-likeness (QED) is 0.945. The van der Waals surface area contributed by atoms with Gasteiger partial charge in [0.05, 0.1) is 11.7 Å². The minimum Gasteiger partial charge on any atom is -0.393 e. The normalized spacial score (nSPS) is 19.4. The Hall–Kier alpha value is -2.27. The number of hydrogen-bond donors (Lipinski definition) is 1. The molecule has 5 heteroatoms. The molecule has 1 aromatic heterocycles. The standard InChI is InChI=1S/C18H21N3O2/c1-13(22)15-8-5-9-21(12-15)18(23)16-10-19-17(20-11-16)14-6-3-2-4-7-14/h2-4,6-7,10-11,13,15,22H,5,8-9,12H2,1H3. The second kappa shape index (κ2) is 6.87. The van der Waals surface area contributed by atoms with Crippen molar-refractivity contribution in [3.63, 3.8) is 0 Å². The Kier molecular flexibility index (Phi) is 4.67. The second-order valence-corrected chi connectivity index (χ2v) is 6.06. The molecule has 3 rings (SSSR count). The fourth-order valence-electron chi connectivity index (χ4n) is 2.95. The predicted octanol–water partition coefficient (Wildman–Crippen LogP) is 2.38. The molecule has 1 aliphatic rings. The summed E-state index contributed by atoms with van der Waals surface area (Å²) in [6.45, 7) is 3.11. The Morgan fingerprint density at radius 1 is 1.26 bits per heavy atom. The van der Waals surface area contributed by atoms with E-state index in [0.29, 0.717) is 17.9 Å². The zero-order valence-electron chi connectivity index (χ0n) is 13.2. The molecule has 1 amide bonds. The smallest absolute Gasteiger partial charge is 0.257 e. The maximum absolute atomic E-state index is 12.6. The van der Waals surface area contributed by atoms with Crippen LogP contribution in [0.25, 0.3) is 11.4 Å².